The molecule has 6 atom stereocenters. The Morgan fingerprint density at radius 2 is 1.74 bits per heavy atom. The first-order valence-corrected chi connectivity index (χ1v) is 18.9. The molecule has 0 bridgehead atoms. The Morgan fingerprint density at radius 3 is 2.37 bits per heavy atom. The second kappa shape index (κ2) is 20.3. The predicted molar refractivity (Wildman–Crippen MR) is 203 cm³/mol. The van der Waals surface area contributed by atoms with Gasteiger partial charge >= 0.3 is 0 Å². The van der Waals surface area contributed by atoms with Crippen LogP contribution in [0.4, 0.5) is 0 Å². The summed E-state index contributed by atoms with van der Waals surface area (Å²) in [6.07, 6.45) is 32.2. The van der Waals surface area contributed by atoms with Crippen molar-refractivity contribution >= 4 is 0 Å². The highest BCUT2D eigenvalue weighted by molar-refractivity contribution is 5.31. The van der Waals surface area contributed by atoms with Gasteiger partial charge in [0, 0.05) is 6.42 Å². The molecular formula is C44H72O2. The van der Waals surface area contributed by atoms with Crippen LogP contribution in [0.2, 0.25) is 0 Å². The normalized spacial score (nSPS) is 26.5. The number of rotatable bonds is 19. The lowest BCUT2D eigenvalue weighted by atomic mass is 9.74. The van der Waals surface area contributed by atoms with Crippen LogP contribution >= 0.6 is 0 Å². The van der Waals surface area contributed by atoms with Gasteiger partial charge in [-0.05, 0) is 110 Å². The molecule has 0 radical (unpaired) electrons. The highest BCUT2D eigenvalue weighted by Gasteiger charge is 2.66. The fourth-order valence-corrected chi connectivity index (χ4v) is 8.97. The Balaban J connectivity index is 0.000000321. The van der Waals surface area contributed by atoms with Crippen LogP contribution in [-0.2, 0) is 4.74 Å². The van der Waals surface area contributed by atoms with Gasteiger partial charge in [0.1, 0.15) is 0 Å². The van der Waals surface area contributed by atoms with E-state index in [1.54, 1.807) is 0 Å². The van der Waals surface area contributed by atoms with Crippen molar-refractivity contribution in [2.24, 2.45) is 46.8 Å². The largest absolute Gasteiger partial charge is 0.499 e. The third-order valence-electron chi connectivity index (χ3n) is 12.0. The van der Waals surface area contributed by atoms with Crippen LogP contribution < -0.4 is 0 Å². The fraction of sp³-hybridized carbons (Fsp3) is 0.682. The van der Waals surface area contributed by atoms with Crippen molar-refractivity contribution in [1.82, 2.24) is 0 Å². The van der Waals surface area contributed by atoms with Gasteiger partial charge in [-0.2, -0.15) is 0 Å². The molecule has 0 aromatic carbocycles. The quantitative estimate of drug-likeness (QED) is 0.0604. The van der Waals surface area contributed by atoms with Crippen LogP contribution in [0.3, 0.4) is 0 Å². The molecule has 0 amide bonds. The van der Waals surface area contributed by atoms with Crippen molar-refractivity contribution in [3.8, 4) is 0 Å². The molecule has 0 aliphatic heterocycles. The molecule has 260 valence electrons. The Bertz CT molecular complexity index is 1030. The first kappa shape index (κ1) is 40.1. The zero-order chi connectivity index (χ0) is 32.8. The molecule has 0 aromatic rings. The van der Waals surface area contributed by atoms with Crippen molar-refractivity contribution in [1.29, 1.82) is 0 Å². The van der Waals surface area contributed by atoms with E-state index in [9.17, 15) is 0 Å². The predicted octanol–water partition coefficient (Wildman–Crippen LogP) is 12.7. The average Bonchev–Trinajstić information content (AvgIpc) is 3.36. The first-order valence-electron chi connectivity index (χ1n) is 18.9. The smallest absolute Gasteiger partial charge is 0.0888 e. The maximum Gasteiger partial charge on any atom is 0.0888 e. The third kappa shape index (κ3) is 11.9. The Morgan fingerprint density at radius 1 is 1.00 bits per heavy atom. The van der Waals surface area contributed by atoms with Gasteiger partial charge in [-0.3, -0.25) is 0 Å². The van der Waals surface area contributed by atoms with Gasteiger partial charge in [-0.25, -0.2) is 0 Å². The summed E-state index contributed by atoms with van der Waals surface area (Å²) in [5.41, 5.74) is 4.53. The highest BCUT2D eigenvalue weighted by atomic mass is 16.5. The topological polar surface area (TPSA) is 40.7 Å². The minimum absolute atomic E-state index is 0. The van der Waals surface area contributed by atoms with Crippen LogP contribution in [0.15, 0.2) is 85.8 Å². The molecular weight excluding hydrogens is 560 g/mol. The Kier molecular flexibility index (Phi) is 17.7. The van der Waals surface area contributed by atoms with E-state index in [1.807, 2.05) is 6.08 Å². The molecule has 2 N–H and O–H groups in total. The zero-order valence-corrected chi connectivity index (χ0v) is 30.6. The van der Waals surface area contributed by atoms with Crippen LogP contribution in [0.1, 0.15) is 137 Å². The number of fused-ring (bicyclic) bond motifs is 1. The lowest BCUT2D eigenvalue weighted by Crippen LogP contribution is -2.21. The van der Waals surface area contributed by atoms with Gasteiger partial charge in [0.25, 0.3) is 0 Å². The molecule has 5 unspecified atom stereocenters. The van der Waals surface area contributed by atoms with Crippen LogP contribution in [-0.4, -0.2) is 12.1 Å². The van der Waals surface area contributed by atoms with Crippen LogP contribution in [0.5, 0.6) is 0 Å². The van der Waals surface area contributed by atoms with Crippen LogP contribution in [0.25, 0.3) is 0 Å². The Hall–Kier alpha value is -2.06. The minimum atomic E-state index is 0. The standard InChI is InChI=1S/C25H40.C19H30O.H2O/c1-9-12-14-17(4)19(6)21(13-10-2)15-18(5)23-20(11-3)16-22-24(23)25(22,7)8;1-17(14-15-19-11-6-3-7-12-19)20-16-8-13-18-9-4-2-5-10-18;/h9,20-24H,1,4-6,10-16H2,2-3,7-8H3;2,4-5,9,18-19H,1,3,6-8,10-16H2;1H2/t;18-;/m.0./s1. The van der Waals surface area contributed by atoms with Crippen molar-refractivity contribution in [2.75, 3.05) is 6.61 Å². The van der Waals surface area contributed by atoms with E-state index in [-0.39, 0.29) is 5.48 Å². The summed E-state index contributed by atoms with van der Waals surface area (Å²) < 4.78 is 5.79. The van der Waals surface area contributed by atoms with Crippen molar-refractivity contribution in [2.45, 2.75) is 137 Å². The molecule has 4 rings (SSSR count). The second-order valence-corrected chi connectivity index (χ2v) is 15.6. The van der Waals surface area contributed by atoms with Gasteiger partial charge in [0.15, 0.2) is 0 Å². The third-order valence-corrected chi connectivity index (χ3v) is 12.0. The average molecular weight is 633 g/mol. The van der Waals surface area contributed by atoms with Crippen molar-refractivity contribution in [3.05, 3.63) is 85.8 Å². The fourth-order valence-electron chi connectivity index (χ4n) is 8.97. The van der Waals surface area contributed by atoms with E-state index in [0.717, 1.165) is 80.0 Å². The minimum Gasteiger partial charge on any atom is -0.499 e. The molecule has 0 saturated heterocycles. The summed E-state index contributed by atoms with van der Waals surface area (Å²) in [7, 11) is 0. The monoisotopic (exact) mass is 633 g/mol. The summed E-state index contributed by atoms with van der Waals surface area (Å²) in [4.78, 5) is 0. The summed E-state index contributed by atoms with van der Waals surface area (Å²) >= 11 is 0. The second-order valence-electron chi connectivity index (χ2n) is 15.6. The molecule has 4 aliphatic carbocycles. The van der Waals surface area contributed by atoms with Gasteiger partial charge in [0.05, 0.1) is 12.4 Å². The van der Waals surface area contributed by atoms with E-state index >= 15 is 0 Å². The molecule has 0 heterocycles. The van der Waals surface area contributed by atoms with E-state index in [4.69, 9.17) is 4.74 Å². The lowest BCUT2D eigenvalue weighted by Gasteiger charge is -2.30. The zero-order valence-electron chi connectivity index (χ0n) is 30.6. The van der Waals surface area contributed by atoms with E-state index in [2.05, 4.69) is 84.9 Å². The number of hydrogen-bond donors (Lipinski definition) is 0. The lowest BCUT2D eigenvalue weighted by molar-refractivity contribution is 0.187. The summed E-state index contributed by atoms with van der Waals surface area (Å²) in [6.45, 7) is 31.7. The first-order chi connectivity index (χ1) is 21.6. The summed E-state index contributed by atoms with van der Waals surface area (Å²) in [5, 5.41) is 0. The number of ether oxygens (including phenoxy) is 1. The molecule has 2 heteroatoms. The number of allylic oxidation sites excluding steroid dienone is 9. The van der Waals surface area contributed by atoms with Gasteiger partial charge in [0.2, 0.25) is 0 Å². The van der Waals surface area contributed by atoms with Gasteiger partial charge in [-0.15, -0.1) is 6.58 Å². The SMILES string of the molecule is C=C(CCC1CCCCC1)OCCC[C@H]1C=CC=CC1.C=CCCC(=C)C(=C)C(CCC)CC(=C)C1C(CC)CC2C1C2(C)C.O. The molecule has 4 aliphatic rings. The Labute approximate surface area is 285 Å². The summed E-state index contributed by atoms with van der Waals surface area (Å²) in [6, 6.07) is 0. The number of hydrogen-bond acceptors (Lipinski definition) is 1. The molecule has 3 saturated carbocycles. The van der Waals surface area contributed by atoms with Crippen molar-refractivity contribution < 1.29 is 10.2 Å². The molecule has 0 aromatic heterocycles. The highest BCUT2D eigenvalue weighted by Crippen LogP contribution is 2.72. The van der Waals surface area contributed by atoms with Gasteiger partial charge in [-0.1, -0.05) is 140 Å². The molecule has 3 fully saturated rings. The molecule has 46 heavy (non-hydrogen) atoms. The molecule has 0 spiro atoms. The van der Waals surface area contributed by atoms with E-state index in [1.165, 1.54) is 93.8 Å². The van der Waals surface area contributed by atoms with Gasteiger partial charge < -0.3 is 10.2 Å². The van der Waals surface area contributed by atoms with Crippen molar-refractivity contribution in [3.63, 3.8) is 0 Å². The summed E-state index contributed by atoms with van der Waals surface area (Å²) in [5.74, 6) is 6.60. The van der Waals surface area contributed by atoms with Crippen LogP contribution in [0, 0.1) is 46.8 Å². The van der Waals surface area contributed by atoms with E-state index in [0.29, 0.717) is 11.3 Å². The molecule has 2 nitrogen and oxygen atoms in total. The maximum atomic E-state index is 5.79. The maximum absolute atomic E-state index is 5.79. The van der Waals surface area contributed by atoms with E-state index < -0.39 is 0 Å².